The highest BCUT2D eigenvalue weighted by Gasteiger charge is 2.38. The molecule has 152 valence electrons. The Morgan fingerprint density at radius 1 is 1.11 bits per heavy atom. The first-order chi connectivity index (χ1) is 12.8. The Morgan fingerprint density at radius 3 is 2.26 bits per heavy atom. The number of hydrogen-bond donors (Lipinski definition) is 1. The summed E-state index contributed by atoms with van der Waals surface area (Å²) in [6.45, 7) is 0.497. The summed E-state index contributed by atoms with van der Waals surface area (Å²) in [5, 5.41) is 13.6. The normalized spacial score (nSPS) is 11.3. The topological polar surface area (TPSA) is 81.5 Å². The maximum atomic E-state index is 12.9. The molecule has 6 nitrogen and oxygen atoms in total. The highest BCUT2D eigenvalue weighted by molar-refractivity contribution is 5.68. The summed E-state index contributed by atoms with van der Waals surface area (Å²) in [4.78, 5) is 20.6. The van der Waals surface area contributed by atoms with Crippen molar-refractivity contribution in [3.63, 3.8) is 0 Å². The largest absolute Gasteiger partial charge is 0.469 e. The van der Waals surface area contributed by atoms with Gasteiger partial charge in [0, 0.05) is 24.7 Å². The van der Waals surface area contributed by atoms with Crippen molar-refractivity contribution in [3.05, 3.63) is 33.9 Å². The number of nitrogens with one attached hydrogen (secondary N) is 1. The molecule has 1 aromatic rings. The van der Waals surface area contributed by atoms with Gasteiger partial charge in [0.1, 0.15) is 5.56 Å². The number of carbonyl (C=O) groups excluding carboxylic acids is 1. The predicted molar refractivity (Wildman–Crippen MR) is 95.5 cm³/mol. The van der Waals surface area contributed by atoms with E-state index in [1.54, 1.807) is 0 Å². The van der Waals surface area contributed by atoms with Crippen molar-refractivity contribution in [1.82, 2.24) is 0 Å². The maximum Gasteiger partial charge on any atom is 0.423 e. The Balaban J connectivity index is 2.25. The van der Waals surface area contributed by atoms with Crippen molar-refractivity contribution in [2.24, 2.45) is 0 Å². The highest BCUT2D eigenvalue weighted by Crippen LogP contribution is 2.37. The molecule has 1 aromatic carbocycles. The first kappa shape index (κ1) is 22.7. The van der Waals surface area contributed by atoms with Crippen molar-refractivity contribution in [3.8, 4) is 0 Å². The number of unbranched alkanes of at least 4 members (excludes halogenated alkanes) is 6. The molecule has 0 radical (unpaired) electrons. The minimum Gasteiger partial charge on any atom is -0.469 e. The van der Waals surface area contributed by atoms with Crippen LogP contribution in [0.15, 0.2) is 18.2 Å². The first-order valence-corrected chi connectivity index (χ1v) is 8.92. The van der Waals surface area contributed by atoms with Crippen LogP contribution in [0.5, 0.6) is 0 Å². The van der Waals surface area contributed by atoms with E-state index in [2.05, 4.69) is 10.1 Å². The van der Waals surface area contributed by atoms with Gasteiger partial charge in [-0.25, -0.2) is 0 Å². The van der Waals surface area contributed by atoms with E-state index in [0.717, 1.165) is 57.1 Å². The maximum absolute atomic E-state index is 12.9. The molecule has 0 amide bonds. The van der Waals surface area contributed by atoms with Crippen molar-refractivity contribution < 1.29 is 27.6 Å². The summed E-state index contributed by atoms with van der Waals surface area (Å²) in [6.07, 6.45) is 2.26. The summed E-state index contributed by atoms with van der Waals surface area (Å²) in [5.41, 5.74) is -1.97. The molecule has 0 atom stereocenters. The molecule has 9 heteroatoms. The summed E-state index contributed by atoms with van der Waals surface area (Å²) in [6, 6.07) is 2.94. The van der Waals surface area contributed by atoms with Crippen LogP contribution in [0.25, 0.3) is 0 Å². The zero-order valence-electron chi connectivity index (χ0n) is 15.3. The molecule has 0 bridgehead atoms. The number of nitro benzene ring substituents is 1. The van der Waals surface area contributed by atoms with Gasteiger partial charge in [-0.1, -0.05) is 32.1 Å². The lowest BCUT2D eigenvalue weighted by Crippen LogP contribution is -2.10. The summed E-state index contributed by atoms with van der Waals surface area (Å²) in [7, 11) is 1.37. The summed E-state index contributed by atoms with van der Waals surface area (Å²) >= 11 is 0. The van der Waals surface area contributed by atoms with Gasteiger partial charge in [0.25, 0.3) is 5.69 Å². The van der Waals surface area contributed by atoms with Crippen LogP contribution in [-0.2, 0) is 15.7 Å². The van der Waals surface area contributed by atoms with Gasteiger partial charge in [0.2, 0.25) is 0 Å². The van der Waals surface area contributed by atoms with E-state index in [1.807, 2.05) is 0 Å². The molecule has 1 rings (SSSR count). The highest BCUT2D eigenvalue weighted by atomic mass is 19.4. The standard InChI is InChI=1S/C18H25F3N2O4/c1-27-17(24)9-7-5-3-2-4-6-8-12-22-14-10-11-16(23(25)26)15(13-14)18(19,20)21/h10-11,13,22H,2-9,12H2,1H3. The number of halogens is 3. The summed E-state index contributed by atoms with van der Waals surface area (Å²) in [5.74, 6) is -0.194. The number of carbonyl (C=O) groups is 1. The predicted octanol–water partition coefficient (Wildman–Crippen LogP) is 5.32. The van der Waals surface area contributed by atoms with Crippen LogP contribution in [0.3, 0.4) is 0 Å². The van der Waals surface area contributed by atoms with Gasteiger partial charge in [-0.15, -0.1) is 0 Å². The molecule has 0 saturated carbocycles. The molecule has 0 aliphatic heterocycles. The van der Waals surface area contributed by atoms with Gasteiger partial charge in [-0.05, 0) is 25.0 Å². The Labute approximate surface area is 156 Å². The first-order valence-electron chi connectivity index (χ1n) is 8.92. The fourth-order valence-corrected chi connectivity index (χ4v) is 2.65. The quantitative estimate of drug-likeness (QED) is 0.226. The Morgan fingerprint density at radius 2 is 1.70 bits per heavy atom. The average Bonchev–Trinajstić information content (AvgIpc) is 2.61. The number of nitrogens with zero attached hydrogens (tertiary/aromatic N) is 1. The van der Waals surface area contributed by atoms with Crippen LogP contribution in [0, 0.1) is 10.1 Å². The molecule has 0 saturated heterocycles. The number of methoxy groups -OCH3 is 1. The number of ether oxygens (including phenoxy) is 1. The molecule has 0 fully saturated rings. The lowest BCUT2D eigenvalue weighted by Gasteiger charge is -2.11. The molecule has 0 aromatic heterocycles. The second-order valence-corrected chi connectivity index (χ2v) is 6.21. The SMILES string of the molecule is COC(=O)CCCCCCCCCNc1ccc([N+](=O)[O-])c(C(F)(F)F)c1. The number of alkyl halides is 3. The number of anilines is 1. The molecule has 0 unspecified atom stereocenters. The van der Waals surface area contributed by atoms with Crippen LogP contribution in [0.2, 0.25) is 0 Å². The van der Waals surface area contributed by atoms with E-state index >= 15 is 0 Å². The van der Waals surface area contributed by atoms with Crippen LogP contribution >= 0.6 is 0 Å². The second kappa shape index (κ2) is 11.4. The second-order valence-electron chi connectivity index (χ2n) is 6.21. The van der Waals surface area contributed by atoms with Crippen molar-refractivity contribution >= 4 is 17.3 Å². The number of esters is 1. The molecule has 0 aliphatic carbocycles. The van der Waals surface area contributed by atoms with E-state index in [1.165, 1.54) is 13.2 Å². The van der Waals surface area contributed by atoms with Gasteiger partial charge in [0.15, 0.2) is 0 Å². The summed E-state index contributed by atoms with van der Waals surface area (Å²) < 4.78 is 43.3. The molecule has 0 heterocycles. The molecule has 1 N–H and O–H groups in total. The van der Waals surface area contributed by atoms with E-state index in [9.17, 15) is 28.1 Å². The Bertz CT molecular complexity index is 621. The minimum absolute atomic E-state index is 0.194. The average molecular weight is 390 g/mol. The Hall–Kier alpha value is -2.32. The van der Waals surface area contributed by atoms with Crippen LogP contribution in [-0.4, -0.2) is 24.5 Å². The van der Waals surface area contributed by atoms with E-state index in [0.29, 0.717) is 13.0 Å². The van der Waals surface area contributed by atoms with Gasteiger partial charge in [-0.2, -0.15) is 13.2 Å². The number of rotatable bonds is 12. The van der Waals surface area contributed by atoms with E-state index in [-0.39, 0.29) is 11.7 Å². The molecule has 0 spiro atoms. The lowest BCUT2D eigenvalue weighted by atomic mass is 10.1. The fourth-order valence-electron chi connectivity index (χ4n) is 2.65. The lowest BCUT2D eigenvalue weighted by molar-refractivity contribution is -0.388. The van der Waals surface area contributed by atoms with Crippen LogP contribution < -0.4 is 5.32 Å². The van der Waals surface area contributed by atoms with E-state index < -0.39 is 22.4 Å². The van der Waals surface area contributed by atoms with Crippen LogP contribution in [0.4, 0.5) is 24.5 Å². The third-order valence-electron chi connectivity index (χ3n) is 4.11. The monoisotopic (exact) mass is 390 g/mol. The minimum atomic E-state index is -4.77. The van der Waals surface area contributed by atoms with Crippen molar-refractivity contribution in [2.75, 3.05) is 19.0 Å². The third kappa shape index (κ3) is 8.74. The number of nitro groups is 1. The van der Waals surface area contributed by atoms with Gasteiger partial charge in [0.05, 0.1) is 12.0 Å². The van der Waals surface area contributed by atoms with Crippen LogP contribution in [0.1, 0.15) is 56.9 Å². The number of benzene rings is 1. The van der Waals surface area contributed by atoms with Gasteiger partial charge < -0.3 is 10.1 Å². The van der Waals surface area contributed by atoms with Crippen molar-refractivity contribution in [2.45, 2.75) is 57.5 Å². The van der Waals surface area contributed by atoms with E-state index in [4.69, 9.17) is 0 Å². The zero-order chi connectivity index (χ0) is 20.3. The zero-order valence-corrected chi connectivity index (χ0v) is 15.3. The molecule has 0 aliphatic rings. The molecular weight excluding hydrogens is 365 g/mol. The smallest absolute Gasteiger partial charge is 0.423 e. The van der Waals surface area contributed by atoms with Crippen molar-refractivity contribution in [1.29, 1.82) is 0 Å². The van der Waals surface area contributed by atoms with Gasteiger partial charge >= 0.3 is 12.1 Å². The third-order valence-corrected chi connectivity index (χ3v) is 4.11. The molecule has 27 heavy (non-hydrogen) atoms. The van der Waals surface area contributed by atoms with Gasteiger partial charge in [-0.3, -0.25) is 14.9 Å². The molecular formula is C18H25F3N2O4. The Kier molecular flexibility index (Phi) is 9.60. The number of hydrogen-bond acceptors (Lipinski definition) is 5. The fraction of sp³-hybridized carbons (Fsp3) is 0.611.